The van der Waals surface area contributed by atoms with E-state index in [4.69, 9.17) is 9.15 Å². The smallest absolute Gasteiger partial charge is 0.417 e. The Labute approximate surface area is 147 Å². The van der Waals surface area contributed by atoms with Gasteiger partial charge in [-0.25, -0.2) is 4.79 Å². The summed E-state index contributed by atoms with van der Waals surface area (Å²) in [5, 5.41) is 2.75. The maximum absolute atomic E-state index is 12.2. The molecule has 4 rings (SSSR count). The van der Waals surface area contributed by atoms with Gasteiger partial charge in [0.1, 0.15) is 5.75 Å². The van der Waals surface area contributed by atoms with E-state index < -0.39 is 5.76 Å². The van der Waals surface area contributed by atoms with Gasteiger partial charge in [0.25, 0.3) is 5.91 Å². The summed E-state index contributed by atoms with van der Waals surface area (Å²) >= 11 is 0. The molecule has 8 nitrogen and oxygen atoms in total. The number of fused-ring (bicyclic) bond motifs is 2. The lowest BCUT2D eigenvalue weighted by molar-refractivity contribution is -0.121. The molecule has 3 aromatic rings. The summed E-state index contributed by atoms with van der Waals surface area (Å²) in [5.74, 6) is -0.351. The summed E-state index contributed by atoms with van der Waals surface area (Å²) in [5.41, 5.74) is 2.12. The molecule has 0 spiro atoms. The Bertz CT molecular complexity index is 1050. The number of nitrogens with zero attached hydrogens (tertiary/aromatic N) is 1. The first-order valence-corrected chi connectivity index (χ1v) is 8.05. The molecule has 2 aromatic carbocycles. The van der Waals surface area contributed by atoms with Crippen LogP contribution in [0.3, 0.4) is 0 Å². The van der Waals surface area contributed by atoms with Crippen molar-refractivity contribution in [3.63, 3.8) is 0 Å². The minimum absolute atomic E-state index is 0.0385. The quantitative estimate of drug-likeness (QED) is 0.745. The van der Waals surface area contributed by atoms with E-state index >= 15 is 0 Å². The third kappa shape index (κ3) is 3.04. The molecule has 26 heavy (non-hydrogen) atoms. The highest BCUT2D eigenvalue weighted by Gasteiger charge is 2.25. The van der Waals surface area contributed by atoms with Crippen LogP contribution < -0.4 is 20.7 Å². The zero-order valence-corrected chi connectivity index (χ0v) is 13.7. The van der Waals surface area contributed by atoms with Crippen molar-refractivity contribution in [3.05, 3.63) is 53.0 Å². The number of oxazole rings is 1. The van der Waals surface area contributed by atoms with Gasteiger partial charge in [-0.05, 0) is 30.3 Å². The maximum Gasteiger partial charge on any atom is 0.417 e. The number of hydrogen-bond donors (Lipinski definition) is 2. The summed E-state index contributed by atoms with van der Waals surface area (Å²) in [6.45, 7) is 0.207. The number of aromatic nitrogens is 1. The number of carbonyl (C=O) groups is 2. The number of rotatable bonds is 4. The third-order valence-electron chi connectivity index (χ3n) is 4.07. The Morgan fingerprint density at radius 2 is 2.04 bits per heavy atom. The fraction of sp³-hybridized carbons (Fsp3) is 0.167. The van der Waals surface area contributed by atoms with E-state index in [9.17, 15) is 14.4 Å². The third-order valence-corrected chi connectivity index (χ3v) is 4.07. The van der Waals surface area contributed by atoms with Crippen molar-refractivity contribution in [3.8, 4) is 5.75 Å². The van der Waals surface area contributed by atoms with Crippen LogP contribution in [0.25, 0.3) is 11.1 Å². The molecule has 1 aliphatic heterocycles. The Kier molecular flexibility index (Phi) is 3.92. The van der Waals surface area contributed by atoms with Crippen LogP contribution in [0.4, 0.5) is 11.4 Å². The van der Waals surface area contributed by atoms with Gasteiger partial charge < -0.3 is 19.4 Å². The van der Waals surface area contributed by atoms with Gasteiger partial charge in [-0.2, -0.15) is 0 Å². The van der Waals surface area contributed by atoms with Crippen molar-refractivity contribution in [2.24, 2.45) is 0 Å². The average molecular weight is 353 g/mol. The first kappa shape index (κ1) is 15.9. The van der Waals surface area contributed by atoms with E-state index in [-0.39, 0.29) is 31.4 Å². The van der Waals surface area contributed by atoms with E-state index in [0.717, 1.165) is 0 Å². The monoisotopic (exact) mass is 353 g/mol. The maximum atomic E-state index is 12.2. The Morgan fingerprint density at radius 3 is 2.92 bits per heavy atom. The van der Waals surface area contributed by atoms with Crippen LogP contribution in [-0.4, -0.2) is 29.9 Å². The van der Waals surface area contributed by atoms with Crippen LogP contribution in [0, 0.1) is 0 Å². The molecule has 2 heterocycles. The zero-order valence-electron chi connectivity index (χ0n) is 13.7. The number of amides is 2. The summed E-state index contributed by atoms with van der Waals surface area (Å²) in [7, 11) is 0. The first-order valence-electron chi connectivity index (χ1n) is 8.05. The van der Waals surface area contributed by atoms with E-state index in [1.54, 1.807) is 35.2 Å². The Balaban J connectivity index is 1.43. The molecule has 2 amide bonds. The van der Waals surface area contributed by atoms with Crippen LogP contribution >= 0.6 is 0 Å². The van der Waals surface area contributed by atoms with Crippen LogP contribution in [0.15, 0.2) is 51.7 Å². The number of aromatic amines is 1. The van der Waals surface area contributed by atoms with Gasteiger partial charge in [0.15, 0.2) is 12.2 Å². The zero-order chi connectivity index (χ0) is 18.1. The number of ether oxygens (including phenoxy) is 1. The average Bonchev–Trinajstić information content (AvgIpc) is 3.00. The Hall–Kier alpha value is -3.55. The summed E-state index contributed by atoms with van der Waals surface area (Å²) < 4.78 is 10.3. The molecule has 0 atom stereocenters. The van der Waals surface area contributed by atoms with Crippen molar-refractivity contribution in [2.75, 3.05) is 23.4 Å². The topological polar surface area (TPSA) is 105 Å². The molecule has 0 saturated heterocycles. The number of carbonyl (C=O) groups excluding carboxylic acids is 2. The van der Waals surface area contributed by atoms with Gasteiger partial charge in [0, 0.05) is 18.7 Å². The minimum Gasteiger partial charge on any atom is -0.482 e. The lowest BCUT2D eigenvalue weighted by Gasteiger charge is -2.29. The van der Waals surface area contributed by atoms with Crippen LogP contribution in [0.1, 0.15) is 6.42 Å². The van der Waals surface area contributed by atoms with Crippen molar-refractivity contribution >= 4 is 34.3 Å². The Morgan fingerprint density at radius 1 is 1.19 bits per heavy atom. The molecule has 0 fully saturated rings. The number of H-pyrrole nitrogens is 1. The second kappa shape index (κ2) is 6.40. The van der Waals surface area contributed by atoms with E-state index in [1.807, 2.05) is 12.1 Å². The van der Waals surface area contributed by atoms with Gasteiger partial charge in [0.2, 0.25) is 5.91 Å². The van der Waals surface area contributed by atoms with Gasteiger partial charge >= 0.3 is 5.76 Å². The van der Waals surface area contributed by atoms with Crippen molar-refractivity contribution in [1.82, 2.24) is 4.98 Å². The number of para-hydroxylation sites is 2. The van der Waals surface area contributed by atoms with Crippen LogP contribution in [0.5, 0.6) is 5.75 Å². The molecule has 8 heteroatoms. The van der Waals surface area contributed by atoms with Crippen LogP contribution in [-0.2, 0) is 9.59 Å². The van der Waals surface area contributed by atoms with Crippen molar-refractivity contribution < 1.29 is 18.7 Å². The summed E-state index contributed by atoms with van der Waals surface area (Å²) in [4.78, 5) is 39.6. The molecule has 2 N–H and O–H groups in total. The van der Waals surface area contributed by atoms with Gasteiger partial charge in [-0.15, -0.1) is 0 Å². The van der Waals surface area contributed by atoms with Gasteiger partial charge in [-0.3, -0.25) is 14.6 Å². The highest BCUT2D eigenvalue weighted by atomic mass is 16.5. The van der Waals surface area contributed by atoms with Crippen molar-refractivity contribution in [1.29, 1.82) is 0 Å². The molecule has 0 radical (unpaired) electrons. The number of anilines is 2. The van der Waals surface area contributed by atoms with Gasteiger partial charge in [-0.1, -0.05) is 12.1 Å². The number of benzene rings is 2. The normalized spacial score (nSPS) is 13.4. The van der Waals surface area contributed by atoms with E-state index in [2.05, 4.69) is 10.3 Å². The lowest BCUT2D eigenvalue weighted by atomic mass is 10.2. The highest BCUT2D eigenvalue weighted by Crippen LogP contribution is 2.31. The fourth-order valence-electron chi connectivity index (χ4n) is 2.87. The number of hydrogen-bond acceptors (Lipinski definition) is 5. The molecule has 0 unspecified atom stereocenters. The first-order chi connectivity index (χ1) is 12.6. The predicted octanol–water partition coefficient (Wildman–Crippen LogP) is 1.88. The second-order valence-electron chi connectivity index (χ2n) is 5.83. The molecule has 0 aliphatic carbocycles. The molecule has 132 valence electrons. The lowest BCUT2D eigenvalue weighted by Crippen LogP contribution is -2.40. The van der Waals surface area contributed by atoms with E-state index in [0.29, 0.717) is 28.2 Å². The summed E-state index contributed by atoms with van der Waals surface area (Å²) in [6.07, 6.45) is 0.125. The molecule has 0 saturated carbocycles. The highest BCUT2D eigenvalue weighted by molar-refractivity contribution is 5.99. The SMILES string of the molecule is O=C(CCN1C(=O)COc2ccccc21)Nc1ccc2oc(=O)[nH]c2c1. The fourth-order valence-corrected chi connectivity index (χ4v) is 2.87. The summed E-state index contributed by atoms with van der Waals surface area (Å²) in [6, 6.07) is 12.1. The molecule has 0 bridgehead atoms. The second-order valence-corrected chi connectivity index (χ2v) is 5.83. The van der Waals surface area contributed by atoms with Crippen molar-refractivity contribution in [2.45, 2.75) is 6.42 Å². The molecule has 1 aromatic heterocycles. The molecular weight excluding hydrogens is 338 g/mol. The van der Waals surface area contributed by atoms with E-state index in [1.165, 1.54) is 0 Å². The minimum atomic E-state index is -0.548. The molecular formula is C18H15N3O5. The largest absolute Gasteiger partial charge is 0.482 e. The van der Waals surface area contributed by atoms with Crippen LogP contribution in [0.2, 0.25) is 0 Å². The number of nitrogens with one attached hydrogen (secondary N) is 2. The molecule has 1 aliphatic rings. The standard InChI is InChI=1S/C18H15N3O5/c22-16(19-11-5-6-14-12(9-11)20-18(24)26-14)7-8-21-13-3-1-2-4-15(13)25-10-17(21)23/h1-6,9H,7-8,10H2,(H,19,22)(H,20,24). The van der Waals surface area contributed by atoms with Gasteiger partial charge in [0.05, 0.1) is 11.2 Å². The predicted molar refractivity (Wildman–Crippen MR) is 94.4 cm³/mol.